The summed E-state index contributed by atoms with van der Waals surface area (Å²) in [5.74, 6) is 0. The summed E-state index contributed by atoms with van der Waals surface area (Å²) in [6, 6.07) is 0. The van der Waals surface area contributed by atoms with E-state index in [1.807, 2.05) is 7.05 Å². The number of nitrogens with one attached hydrogen (secondary N) is 1. The van der Waals surface area contributed by atoms with Crippen LogP contribution in [0.5, 0.6) is 0 Å². The van der Waals surface area contributed by atoms with Gasteiger partial charge in [0.2, 0.25) is 0 Å². The third-order valence-electron chi connectivity index (χ3n) is 1.94. The van der Waals surface area contributed by atoms with Crippen molar-refractivity contribution in [1.29, 1.82) is 0 Å². The molecule has 1 aliphatic rings. The van der Waals surface area contributed by atoms with E-state index in [4.69, 9.17) is 9.16 Å². The molecule has 0 aromatic heterocycles. The molecule has 0 aromatic carbocycles. The van der Waals surface area contributed by atoms with Crippen LogP contribution in [0.1, 0.15) is 6.42 Å². The molecule has 1 atom stereocenters. The molecule has 1 N–H and O–H groups in total. The van der Waals surface area contributed by atoms with Crippen molar-refractivity contribution in [3.8, 4) is 0 Å². The highest BCUT2D eigenvalue weighted by Crippen LogP contribution is 2.23. The van der Waals surface area contributed by atoms with E-state index in [9.17, 15) is 0 Å². The zero-order valence-electron chi connectivity index (χ0n) is 8.44. The predicted molar refractivity (Wildman–Crippen MR) is 51.7 cm³/mol. The summed E-state index contributed by atoms with van der Waals surface area (Å²) in [5, 5.41) is 3.22. The number of hydrogen-bond donors (Lipinski definition) is 1. The van der Waals surface area contributed by atoms with E-state index in [-0.39, 0.29) is 5.72 Å². The third-order valence-corrected chi connectivity index (χ3v) is 2.95. The van der Waals surface area contributed by atoms with Crippen molar-refractivity contribution >= 4 is 8.32 Å². The highest BCUT2D eigenvalue weighted by atomic mass is 28.4. The number of hydrogen-bond acceptors (Lipinski definition) is 3. The molecule has 1 saturated heterocycles. The summed E-state index contributed by atoms with van der Waals surface area (Å²) in [6.07, 6.45) is 0.966. The molecule has 1 heterocycles. The van der Waals surface area contributed by atoms with Crippen molar-refractivity contribution in [3.05, 3.63) is 0 Å². The van der Waals surface area contributed by atoms with E-state index in [1.165, 1.54) is 0 Å². The van der Waals surface area contributed by atoms with Crippen LogP contribution in [0, 0.1) is 0 Å². The average Bonchev–Trinajstić information content (AvgIpc) is 2.34. The van der Waals surface area contributed by atoms with Crippen molar-refractivity contribution in [2.24, 2.45) is 0 Å². The van der Waals surface area contributed by atoms with E-state index in [0.29, 0.717) is 6.61 Å². The Morgan fingerprint density at radius 2 is 2.08 bits per heavy atom. The van der Waals surface area contributed by atoms with E-state index < -0.39 is 8.32 Å². The van der Waals surface area contributed by atoms with Gasteiger partial charge in [-0.15, -0.1) is 0 Å². The van der Waals surface area contributed by atoms with Crippen LogP contribution >= 0.6 is 0 Å². The quantitative estimate of drug-likeness (QED) is 0.534. The normalized spacial score (nSPS) is 31.0. The minimum Gasteiger partial charge on any atom is -0.398 e. The Bertz CT molecular complexity index is 150. The Morgan fingerprint density at radius 3 is 2.42 bits per heavy atom. The van der Waals surface area contributed by atoms with Gasteiger partial charge in [-0.1, -0.05) is 0 Å². The smallest absolute Gasteiger partial charge is 0.186 e. The Kier molecular flexibility index (Phi) is 2.93. The van der Waals surface area contributed by atoms with Crippen molar-refractivity contribution in [2.45, 2.75) is 31.8 Å². The third kappa shape index (κ3) is 2.55. The van der Waals surface area contributed by atoms with Gasteiger partial charge in [0.15, 0.2) is 8.32 Å². The lowest BCUT2D eigenvalue weighted by Gasteiger charge is -2.34. The second-order valence-electron chi connectivity index (χ2n) is 4.26. The maximum Gasteiger partial charge on any atom is 0.186 e. The van der Waals surface area contributed by atoms with Gasteiger partial charge in [-0.2, -0.15) is 0 Å². The Balaban J connectivity index is 2.55. The van der Waals surface area contributed by atoms with Crippen LogP contribution in [-0.4, -0.2) is 34.3 Å². The van der Waals surface area contributed by atoms with Crippen molar-refractivity contribution in [3.63, 3.8) is 0 Å². The lowest BCUT2D eigenvalue weighted by molar-refractivity contribution is 0.0201. The molecule has 0 aromatic rings. The molecule has 1 rings (SSSR count). The summed E-state index contributed by atoms with van der Waals surface area (Å²) in [4.78, 5) is 0. The number of likely N-dealkylation sites (N-methyl/N-ethyl adjacent to an activating group) is 1. The first-order chi connectivity index (χ1) is 5.47. The molecule has 0 spiro atoms. The van der Waals surface area contributed by atoms with Crippen LogP contribution < -0.4 is 5.32 Å². The van der Waals surface area contributed by atoms with E-state index in [1.54, 1.807) is 0 Å². The Hall–Kier alpha value is 0.0969. The fraction of sp³-hybridized carbons (Fsp3) is 1.00. The molecule has 12 heavy (non-hydrogen) atoms. The molecule has 1 fully saturated rings. The standard InChI is InChI=1S/C8H19NO2Si/c1-9-8(5-6-10-7-8)11-12(2,3)4/h9H,5-7H2,1-4H3. The SMILES string of the molecule is CNC1(O[Si](C)(C)C)CCOC1. The van der Waals surface area contributed by atoms with Gasteiger partial charge in [-0.05, 0) is 26.7 Å². The molecular formula is C8H19NO2Si. The topological polar surface area (TPSA) is 30.5 Å². The highest BCUT2D eigenvalue weighted by molar-refractivity contribution is 6.69. The summed E-state index contributed by atoms with van der Waals surface area (Å²) in [7, 11) is 0.481. The minimum absolute atomic E-state index is 0.190. The summed E-state index contributed by atoms with van der Waals surface area (Å²) in [5.41, 5.74) is -0.190. The first kappa shape index (κ1) is 10.2. The minimum atomic E-state index is -1.46. The van der Waals surface area contributed by atoms with Crippen LogP contribution in [0.4, 0.5) is 0 Å². The van der Waals surface area contributed by atoms with E-state index in [2.05, 4.69) is 25.0 Å². The van der Waals surface area contributed by atoms with Crippen LogP contribution in [0.2, 0.25) is 19.6 Å². The molecule has 0 radical (unpaired) electrons. The van der Waals surface area contributed by atoms with Gasteiger partial charge in [0, 0.05) is 6.42 Å². The van der Waals surface area contributed by atoms with E-state index >= 15 is 0 Å². The predicted octanol–water partition coefficient (Wildman–Crippen LogP) is 1.17. The number of rotatable bonds is 3. The van der Waals surface area contributed by atoms with Crippen molar-refractivity contribution in [2.75, 3.05) is 20.3 Å². The highest BCUT2D eigenvalue weighted by Gasteiger charge is 2.38. The van der Waals surface area contributed by atoms with Gasteiger partial charge in [0.25, 0.3) is 0 Å². The van der Waals surface area contributed by atoms with Crippen LogP contribution in [-0.2, 0) is 9.16 Å². The Labute approximate surface area is 75.6 Å². The van der Waals surface area contributed by atoms with Gasteiger partial charge in [-0.3, -0.25) is 5.32 Å². The van der Waals surface area contributed by atoms with Crippen LogP contribution in [0.3, 0.4) is 0 Å². The molecule has 1 unspecified atom stereocenters. The second-order valence-corrected chi connectivity index (χ2v) is 8.69. The molecule has 72 valence electrons. The maximum absolute atomic E-state index is 6.04. The molecule has 0 bridgehead atoms. The van der Waals surface area contributed by atoms with Gasteiger partial charge < -0.3 is 9.16 Å². The monoisotopic (exact) mass is 189 g/mol. The fourth-order valence-electron chi connectivity index (χ4n) is 1.46. The molecule has 0 saturated carbocycles. The Morgan fingerprint density at radius 1 is 1.42 bits per heavy atom. The van der Waals surface area contributed by atoms with Crippen LogP contribution in [0.15, 0.2) is 0 Å². The summed E-state index contributed by atoms with van der Waals surface area (Å²) < 4.78 is 11.4. The number of ether oxygens (including phenoxy) is 1. The van der Waals surface area contributed by atoms with Gasteiger partial charge in [0.1, 0.15) is 5.72 Å². The van der Waals surface area contributed by atoms with Gasteiger partial charge in [0.05, 0.1) is 13.2 Å². The maximum atomic E-state index is 6.04. The zero-order valence-corrected chi connectivity index (χ0v) is 9.44. The molecule has 0 amide bonds. The molecule has 4 heteroatoms. The lowest BCUT2D eigenvalue weighted by atomic mass is 10.2. The van der Waals surface area contributed by atoms with Gasteiger partial charge >= 0.3 is 0 Å². The van der Waals surface area contributed by atoms with Crippen LogP contribution in [0.25, 0.3) is 0 Å². The molecule has 1 aliphatic heterocycles. The van der Waals surface area contributed by atoms with E-state index in [0.717, 1.165) is 13.0 Å². The van der Waals surface area contributed by atoms with Crippen molar-refractivity contribution < 1.29 is 9.16 Å². The molecule has 3 nitrogen and oxygen atoms in total. The first-order valence-electron chi connectivity index (χ1n) is 4.44. The van der Waals surface area contributed by atoms with Gasteiger partial charge in [-0.25, -0.2) is 0 Å². The second kappa shape index (κ2) is 3.45. The average molecular weight is 189 g/mol. The summed E-state index contributed by atoms with van der Waals surface area (Å²) in [6.45, 7) is 8.10. The fourth-order valence-corrected chi connectivity index (χ4v) is 2.90. The molecular weight excluding hydrogens is 170 g/mol. The van der Waals surface area contributed by atoms with Crippen molar-refractivity contribution in [1.82, 2.24) is 5.32 Å². The zero-order chi connectivity index (χ0) is 9.24. The largest absolute Gasteiger partial charge is 0.398 e. The lowest BCUT2D eigenvalue weighted by Crippen LogP contribution is -2.52. The first-order valence-corrected chi connectivity index (χ1v) is 7.85. The molecule has 0 aliphatic carbocycles. The summed E-state index contributed by atoms with van der Waals surface area (Å²) >= 11 is 0.